The third-order valence-corrected chi connectivity index (χ3v) is 4.92. The van der Waals surface area contributed by atoms with Crippen LogP contribution < -0.4 is 0 Å². The summed E-state index contributed by atoms with van der Waals surface area (Å²) < 4.78 is 0. The van der Waals surface area contributed by atoms with Gasteiger partial charge in [0.1, 0.15) is 0 Å². The summed E-state index contributed by atoms with van der Waals surface area (Å²) in [5, 5.41) is 0.751. The molecule has 0 radical (unpaired) electrons. The molecular weight excluding hydrogens is 299 g/mol. The van der Waals surface area contributed by atoms with E-state index in [9.17, 15) is 0 Å². The van der Waals surface area contributed by atoms with Crippen molar-refractivity contribution in [2.45, 2.75) is 44.4 Å². The molecule has 0 spiro atoms. The van der Waals surface area contributed by atoms with E-state index in [1.54, 1.807) is 0 Å². The number of halogens is 2. The van der Waals surface area contributed by atoms with E-state index in [1.165, 1.54) is 16.7 Å². The lowest BCUT2D eigenvalue weighted by Crippen LogP contribution is -2.15. The topological polar surface area (TPSA) is 0 Å². The van der Waals surface area contributed by atoms with Gasteiger partial charge < -0.3 is 0 Å². The first-order valence-corrected chi connectivity index (χ1v) is 8.23. The van der Waals surface area contributed by atoms with Gasteiger partial charge in [-0.15, -0.1) is 11.6 Å². The fraction of sp³-hybridized carbons (Fsp3) is 0.368. The van der Waals surface area contributed by atoms with Gasteiger partial charge in [0, 0.05) is 5.02 Å². The Bertz CT molecular complexity index is 568. The molecule has 0 saturated heterocycles. The van der Waals surface area contributed by atoms with Gasteiger partial charge in [-0.25, -0.2) is 0 Å². The normalized spacial score (nSPS) is 13.2. The lowest BCUT2D eigenvalue weighted by Gasteiger charge is -2.23. The highest BCUT2D eigenvalue weighted by Crippen LogP contribution is 2.30. The number of hydrogen-bond acceptors (Lipinski definition) is 0. The standard InChI is InChI=1S/C19H22Cl2/c1-4-19(2,3)16-9-7-15(8-10-16)18(21)13-14-5-11-17(20)12-6-14/h5-12,18H,4,13H2,1-3H3. The maximum absolute atomic E-state index is 6.55. The van der Waals surface area contributed by atoms with E-state index in [2.05, 4.69) is 45.0 Å². The quantitative estimate of drug-likeness (QED) is 0.548. The molecule has 0 saturated carbocycles. The molecule has 21 heavy (non-hydrogen) atoms. The monoisotopic (exact) mass is 320 g/mol. The third-order valence-electron chi connectivity index (χ3n) is 4.27. The Morgan fingerprint density at radius 2 is 1.52 bits per heavy atom. The molecule has 0 aliphatic carbocycles. The predicted octanol–water partition coefficient (Wildman–Crippen LogP) is 6.55. The largest absolute Gasteiger partial charge is 0.117 e. The van der Waals surface area contributed by atoms with Crippen LogP contribution in [0.1, 0.15) is 49.3 Å². The van der Waals surface area contributed by atoms with Crippen molar-refractivity contribution >= 4 is 23.2 Å². The highest BCUT2D eigenvalue weighted by atomic mass is 35.5. The van der Waals surface area contributed by atoms with Gasteiger partial charge in [-0.2, -0.15) is 0 Å². The minimum Gasteiger partial charge on any atom is -0.117 e. The highest BCUT2D eigenvalue weighted by molar-refractivity contribution is 6.30. The Morgan fingerprint density at radius 1 is 0.952 bits per heavy atom. The Kier molecular flexibility index (Phi) is 5.35. The van der Waals surface area contributed by atoms with Gasteiger partial charge in [-0.1, -0.05) is 68.8 Å². The fourth-order valence-corrected chi connectivity index (χ4v) is 2.74. The first kappa shape index (κ1) is 16.4. The van der Waals surface area contributed by atoms with Crippen molar-refractivity contribution < 1.29 is 0 Å². The SMILES string of the molecule is CCC(C)(C)c1ccc(C(Cl)Cc2ccc(Cl)cc2)cc1. The second kappa shape index (κ2) is 6.85. The molecule has 0 bridgehead atoms. The Balaban J connectivity index is 2.09. The van der Waals surface area contributed by atoms with Crippen molar-refractivity contribution in [1.82, 2.24) is 0 Å². The molecule has 1 atom stereocenters. The zero-order valence-electron chi connectivity index (χ0n) is 12.9. The van der Waals surface area contributed by atoms with E-state index in [0.717, 1.165) is 17.9 Å². The maximum atomic E-state index is 6.55. The van der Waals surface area contributed by atoms with Crippen LogP contribution in [0.4, 0.5) is 0 Å². The third kappa shape index (κ3) is 4.25. The predicted molar refractivity (Wildman–Crippen MR) is 93.5 cm³/mol. The van der Waals surface area contributed by atoms with Gasteiger partial charge in [0.2, 0.25) is 0 Å². The zero-order valence-corrected chi connectivity index (χ0v) is 14.4. The van der Waals surface area contributed by atoms with Crippen LogP contribution in [0.15, 0.2) is 48.5 Å². The summed E-state index contributed by atoms with van der Waals surface area (Å²) in [5.74, 6) is 0. The molecule has 0 heterocycles. The molecule has 0 aromatic heterocycles. The molecule has 0 N–H and O–H groups in total. The lowest BCUT2D eigenvalue weighted by atomic mass is 9.82. The summed E-state index contributed by atoms with van der Waals surface area (Å²) in [5.41, 5.74) is 3.96. The van der Waals surface area contributed by atoms with Gasteiger partial charge in [0.25, 0.3) is 0 Å². The van der Waals surface area contributed by atoms with Crippen LogP contribution in [0.2, 0.25) is 5.02 Å². The Labute approximate surface area is 138 Å². The van der Waals surface area contributed by atoms with Crippen molar-refractivity contribution in [3.8, 4) is 0 Å². The van der Waals surface area contributed by atoms with Gasteiger partial charge >= 0.3 is 0 Å². The molecule has 0 nitrogen and oxygen atoms in total. The van der Waals surface area contributed by atoms with E-state index in [-0.39, 0.29) is 10.8 Å². The molecule has 112 valence electrons. The Hall–Kier alpha value is -0.980. The summed E-state index contributed by atoms with van der Waals surface area (Å²) >= 11 is 12.5. The van der Waals surface area contributed by atoms with Gasteiger partial charge in [-0.3, -0.25) is 0 Å². The number of hydrogen-bond donors (Lipinski definition) is 0. The van der Waals surface area contributed by atoms with Crippen molar-refractivity contribution in [2.24, 2.45) is 0 Å². The summed E-state index contributed by atoms with van der Waals surface area (Å²) in [6, 6.07) is 16.6. The summed E-state index contributed by atoms with van der Waals surface area (Å²) in [6.45, 7) is 6.76. The zero-order chi connectivity index (χ0) is 15.5. The molecule has 2 rings (SSSR count). The average Bonchev–Trinajstić information content (AvgIpc) is 2.49. The van der Waals surface area contributed by atoms with Gasteiger partial charge in [-0.05, 0) is 47.1 Å². The van der Waals surface area contributed by atoms with Crippen LogP contribution in [0.25, 0.3) is 0 Å². The van der Waals surface area contributed by atoms with Crippen LogP contribution in [0, 0.1) is 0 Å². The second-order valence-electron chi connectivity index (χ2n) is 6.16. The first-order valence-electron chi connectivity index (χ1n) is 7.41. The van der Waals surface area contributed by atoms with Crippen LogP contribution in [0.3, 0.4) is 0 Å². The van der Waals surface area contributed by atoms with Crippen LogP contribution in [0.5, 0.6) is 0 Å². The fourth-order valence-electron chi connectivity index (χ4n) is 2.29. The van der Waals surface area contributed by atoms with Crippen LogP contribution in [-0.4, -0.2) is 0 Å². The van der Waals surface area contributed by atoms with E-state index in [1.807, 2.05) is 24.3 Å². The molecule has 2 aromatic carbocycles. The summed E-state index contributed by atoms with van der Waals surface area (Å²) in [6.07, 6.45) is 1.94. The summed E-state index contributed by atoms with van der Waals surface area (Å²) in [7, 11) is 0. The van der Waals surface area contributed by atoms with E-state index in [0.29, 0.717) is 0 Å². The molecule has 1 unspecified atom stereocenters. The van der Waals surface area contributed by atoms with Gasteiger partial charge in [0.15, 0.2) is 0 Å². The van der Waals surface area contributed by atoms with Crippen molar-refractivity contribution in [2.75, 3.05) is 0 Å². The smallest absolute Gasteiger partial charge is 0.0625 e. The van der Waals surface area contributed by atoms with Crippen molar-refractivity contribution in [1.29, 1.82) is 0 Å². The molecular formula is C19H22Cl2. The van der Waals surface area contributed by atoms with E-state index < -0.39 is 0 Å². The molecule has 0 fully saturated rings. The molecule has 0 amide bonds. The average molecular weight is 321 g/mol. The Morgan fingerprint density at radius 3 is 2.05 bits per heavy atom. The van der Waals surface area contributed by atoms with E-state index in [4.69, 9.17) is 23.2 Å². The minimum absolute atomic E-state index is 0.00929. The van der Waals surface area contributed by atoms with Crippen LogP contribution in [-0.2, 0) is 11.8 Å². The first-order chi connectivity index (χ1) is 9.92. The van der Waals surface area contributed by atoms with Gasteiger partial charge in [0.05, 0.1) is 5.38 Å². The minimum atomic E-state index is -0.00929. The lowest BCUT2D eigenvalue weighted by molar-refractivity contribution is 0.506. The molecule has 2 aromatic rings. The van der Waals surface area contributed by atoms with Crippen molar-refractivity contribution in [3.05, 3.63) is 70.2 Å². The summed E-state index contributed by atoms with van der Waals surface area (Å²) in [4.78, 5) is 0. The van der Waals surface area contributed by atoms with E-state index >= 15 is 0 Å². The molecule has 2 heteroatoms. The number of rotatable bonds is 5. The maximum Gasteiger partial charge on any atom is 0.0625 e. The molecule has 0 aliphatic rings. The van der Waals surface area contributed by atoms with Crippen LogP contribution >= 0.6 is 23.2 Å². The second-order valence-corrected chi connectivity index (χ2v) is 7.12. The number of benzene rings is 2. The van der Waals surface area contributed by atoms with Crippen molar-refractivity contribution in [3.63, 3.8) is 0 Å². The number of alkyl halides is 1. The highest BCUT2D eigenvalue weighted by Gasteiger charge is 2.18. The molecule has 0 aliphatic heterocycles.